The van der Waals surface area contributed by atoms with Crippen LogP contribution in [0.5, 0.6) is 0 Å². The summed E-state index contributed by atoms with van der Waals surface area (Å²) in [5.41, 5.74) is 3.60. The van der Waals surface area contributed by atoms with Crippen molar-refractivity contribution in [2.24, 2.45) is 5.92 Å². The number of carbonyl (C=O) groups is 1. The quantitative estimate of drug-likeness (QED) is 0.385. The van der Waals surface area contributed by atoms with Crippen molar-refractivity contribution in [1.29, 1.82) is 0 Å². The first-order valence-electron chi connectivity index (χ1n) is 8.37. The van der Waals surface area contributed by atoms with Gasteiger partial charge in [-0.25, -0.2) is 0 Å². The van der Waals surface area contributed by atoms with Gasteiger partial charge in [-0.05, 0) is 43.0 Å². The van der Waals surface area contributed by atoms with Crippen molar-refractivity contribution in [2.45, 2.75) is 25.3 Å². The van der Waals surface area contributed by atoms with Crippen LogP contribution in [0, 0.1) is 16.0 Å². The Morgan fingerprint density at radius 2 is 2.00 bits per heavy atom. The predicted molar refractivity (Wildman–Crippen MR) is 95.9 cm³/mol. The fraction of sp³-hybridized carbons (Fsp3) is 0.250. The molecule has 0 spiro atoms. The maximum Gasteiger partial charge on any atom is 0.274 e. The van der Waals surface area contributed by atoms with Gasteiger partial charge in [0.1, 0.15) is 0 Å². The van der Waals surface area contributed by atoms with E-state index in [0.717, 1.165) is 17.7 Å². The molecule has 25 heavy (non-hydrogen) atoms. The van der Waals surface area contributed by atoms with E-state index in [-0.39, 0.29) is 34.3 Å². The second-order valence-corrected chi connectivity index (χ2v) is 6.65. The summed E-state index contributed by atoms with van der Waals surface area (Å²) in [4.78, 5) is 22.8. The Morgan fingerprint density at radius 1 is 1.20 bits per heavy atom. The van der Waals surface area contributed by atoms with Crippen LogP contribution in [0.3, 0.4) is 0 Å². The van der Waals surface area contributed by atoms with E-state index in [0.29, 0.717) is 11.1 Å². The zero-order valence-electron chi connectivity index (χ0n) is 13.8. The van der Waals surface area contributed by atoms with Crippen LogP contribution in [0.25, 0.3) is 0 Å². The van der Waals surface area contributed by atoms with Crippen molar-refractivity contribution in [2.75, 3.05) is 5.32 Å². The van der Waals surface area contributed by atoms with Gasteiger partial charge >= 0.3 is 0 Å². The Morgan fingerprint density at radius 3 is 2.76 bits per heavy atom. The molecule has 4 rings (SSSR count). The van der Waals surface area contributed by atoms with Crippen LogP contribution >= 0.6 is 0 Å². The van der Waals surface area contributed by atoms with Crippen LogP contribution in [0.15, 0.2) is 54.6 Å². The van der Waals surface area contributed by atoms with E-state index in [4.69, 9.17) is 0 Å². The summed E-state index contributed by atoms with van der Waals surface area (Å²) in [6, 6.07) is 12.5. The topological polar surface area (TPSA) is 72.2 Å². The molecule has 1 N–H and O–H groups in total. The summed E-state index contributed by atoms with van der Waals surface area (Å²) in [5, 5.41) is 14.9. The Bertz CT molecular complexity index is 904. The molecule has 1 aliphatic heterocycles. The van der Waals surface area contributed by atoms with Crippen LogP contribution in [-0.4, -0.2) is 10.7 Å². The zero-order valence-corrected chi connectivity index (χ0v) is 13.8. The highest BCUT2D eigenvalue weighted by molar-refractivity contribution is 5.95. The molecule has 126 valence electrons. The van der Waals surface area contributed by atoms with Crippen LogP contribution in [0.2, 0.25) is 0 Å². The summed E-state index contributed by atoms with van der Waals surface area (Å²) in [6.07, 6.45) is 5.16. The van der Waals surface area contributed by atoms with E-state index < -0.39 is 0 Å². The first-order valence-corrected chi connectivity index (χ1v) is 8.37. The first-order chi connectivity index (χ1) is 12.1. The number of rotatable bonds is 3. The summed E-state index contributed by atoms with van der Waals surface area (Å²) < 4.78 is 0. The number of Topliss-reactive ketones (excluding diaryl/α,β-unsaturated/α-hetero) is 1. The second-order valence-electron chi connectivity index (χ2n) is 6.65. The number of benzene rings is 2. The number of hydrogen-bond acceptors (Lipinski definition) is 4. The van der Waals surface area contributed by atoms with Gasteiger partial charge in [-0.15, -0.1) is 0 Å². The molecule has 0 saturated carbocycles. The van der Waals surface area contributed by atoms with Crippen LogP contribution in [0.1, 0.15) is 46.8 Å². The van der Waals surface area contributed by atoms with Crippen molar-refractivity contribution in [3.8, 4) is 0 Å². The van der Waals surface area contributed by atoms with E-state index >= 15 is 0 Å². The molecule has 3 atom stereocenters. The molecular formula is C20H18N2O3. The van der Waals surface area contributed by atoms with Gasteiger partial charge < -0.3 is 5.32 Å². The first kappa shape index (κ1) is 15.6. The van der Waals surface area contributed by atoms with Gasteiger partial charge in [-0.1, -0.05) is 30.4 Å². The number of nitrogens with one attached hydrogen (secondary N) is 1. The van der Waals surface area contributed by atoms with E-state index in [1.54, 1.807) is 19.1 Å². The second kappa shape index (κ2) is 5.84. The molecule has 0 bridgehead atoms. The largest absolute Gasteiger partial charge is 0.377 e. The third-order valence-corrected chi connectivity index (χ3v) is 5.24. The van der Waals surface area contributed by atoms with Crippen LogP contribution < -0.4 is 5.32 Å². The van der Waals surface area contributed by atoms with Crippen molar-refractivity contribution in [3.05, 3.63) is 81.4 Å². The monoisotopic (exact) mass is 334 g/mol. The number of para-hydroxylation sites is 1. The third kappa shape index (κ3) is 2.52. The highest BCUT2D eigenvalue weighted by Crippen LogP contribution is 2.51. The standard InChI is InChI=1S/C20H18N2O3/c1-12(23)13-9-10-18-17(11-13)14-6-4-7-15(14)20(21-18)16-5-2-3-8-19(16)22(24)25/h2-6,8-11,14-15,20-21H,7H2,1H3/t14-,15-,20-/m1/s1. The average Bonchev–Trinajstić information content (AvgIpc) is 3.10. The van der Waals surface area contributed by atoms with Gasteiger partial charge in [0.15, 0.2) is 5.78 Å². The van der Waals surface area contributed by atoms with E-state index in [9.17, 15) is 14.9 Å². The Hall–Kier alpha value is -2.95. The SMILES string of the molecule is CC(=O)c1ccc2c(c1)[C@@H]1C=CC[C@H]1[C@H](c1ccccc1[N+](=O)[O-])N2. The van der Waals surface area contributed by atoms with E-state index in [1.807, 2.05) is 30.3 Å². The maximum atomic E-state index is 11.7. The number of carbonyl (C=O) groups excluding carboxylic acids is 1. The minimum absolute atomic E-state index is 0.0437. The predicted octanol–water partition coefficient (Wildman–Crippen LogP) is 4.62. The molecule has 2 aromatic rings. The third-order valence-electron chi connectivity index (χ3n) is 5.24. The summed E-state index contributed by atoms with van der Waals surface area (Å²) in [5.74, 6) is 0.415. The highest BCUT2D eigenvalue weighted by atomic mass is 16.6. The number of anilines is 1. The number of ketones is 1. The van der Waals surface area contributed by atoms with Gasteiger partial charge in [0, 0.05) is 23.2 Å². The number of fused-ring (bicyclic) bond motifs is 3. The van der Waals surface area contributed by atoms with Crippen molar-refractivity contribution in [3.63, 3.8) is 0 Å². The van der Waals surface area contributed by atoms with Crippen molar-refractivity contribution < 1.29 is 9.72 Å². The van der Waals surface area contributed by atoms with Gasteiger partial charge in [0.05, 0.1) is 16.5 Å². The molecule has 0 fully saturated rings. The molecule has 2 aliphatic rings. The number of allylic oxidation sites excluding steroid dienone is 2. The number of nitrogens with zero attached hydrogens (tertiary/aromatic N) is 1. The minimum Gasteiger partial charge on any atom is -0.377 e. The van der Waals surface area contributed by atoms with Gasteiger partial charge in [-0.3, -0.25) is 14.9 Å². The van der Waals surface area contributed by atoms with Crippen LogP contribution in [0.4, 0.5) is 11.4 Å². The molecule has 0 aromatic heterocycles. The smallest absolute Gasteiger partial charge is 0.274 e. The molecule has 1 aliphatic carbocycles. The molecule has 0 saturated heterocycles. The molecule has 1 heterocycles. The lowest BCUT2D eigenvalue weighted by atomic mass is 9.76. The Kier molecular flexibility index (Phi) is 3.64. The van der Waals surface area contributed by atoms with Gasteiger partial charge in [-0.2, -0.15) is 0 Å². The lowest BCUT2D eigenvalue weighted by Crippen LogP contribution is -2.29. The number of hydrogen-bond donors (Lipinski definition) is 1. The number of nitro groups is 1. The van der Waals surface area contributed by atoms with Crippen molar-refractivity contribution >= 4 is 17.2 Å². The van der Waals surface area contributed by atoms with E-state index in [2.05, 4.69) is 17.5 Å². The summed E-state index contributed by atoms with van der Waals surface area (Å²) >= 11 is 0. The molecule has 5 nitrogen and oxygen atoms in total. The molecule has 0 radical (unpaired) electrons. The minimum atomic E-state index is -0.317. The lowest BCUT2D eigenvalue weighted by Gasteiger charge is -2.37. The normalized spacial score (nSPS) is 23.5. The zero-order chi connectivity index (χ0) is 17.6. The maximum absolute atomic E-state index is 11.7. The molecule has 2 aromatic carbocycles. The average molecular weight is 334 g/mol. The lowest BCUT2D eigenvalue weighted by molar-refractivity contribution is -0.385. The fourth-order valence-corrected chi connectivity index (χ4v) is 4.04. The number of nitro benzene ring substituents is 1. The van der Waals surface area contributed by atoms with Crippen LogP contribution in [-0.2, 0) is 0 Å². The Labute approximate surface area is 145 Å². The Balaban J connectivity index is 1.81. The highest BCUT2D eigenvalue weighted by Gasteiger charge is 2.40. The molecule has 0 unspecified atom stereocenters. The molecule has 0 amide bonds. The summed E-state index contributed by atoms with van der Waals surface area (Å²) in [7, 11) is 0. The van der Waals surface area contributed by atoms with Crippen molar-refractivity contribution in [1.82, 2.24) is 0 Å². The summed E-state index contributed by atoms with van der Waals surface area (Å²) in [6.45, 7) is 1.57. The molecular weight excluding hydrogens is 316 g/mol. The van der Waals surface area contributed by atoms with Gasteiger partial charge in [0.25, 0.3) is 5.69 Å². The fourth-order valence-electron chi connectivity index (χ4n) is 4.04. The van der Waals surface area contributed by atoms with E-state index in [1.165, 1.54) is 0 Å². The van der Waals surface area contributed by atoms with Gasteiger partial charge in [0.2, 0.25) is 0 Å². The molecule has 5 heteroatoms.